The molecule has 0 N–H and O–H groups in total. The van der Waals surface area contributed by atoms with Gasteiger partial charge in [-0.25, -0.2) is 4.79 Å². The molecule has 0 spiro atoms. The highest BCUT2D eigenvalue weighted by Crippen LogP contribution is 2.46. The zero-order valence-corrected chi connectivity index (χ0v) is 17.3. The average Bonchev–Trinajstić information content (AvgIpc) is 2.92. The van der Waals surface area contributed by atoms with Crippen LogP contribution >= 0.6 is 0 Å². The molecule has 1 heterocycles. The van der Waals surface area contributed by atoms with Crippen molar-refractivity contribution in [1.82, 2.24) is 0 Å². The van der Waals surface area contributed by atoms with Gasteiger partial charge in [0, 0.05) is 29.9 Å². The molecule has 0 radical (unpaired) electrons. The van der Waals surface area contributed by atoms with Crippen molar-refractivity contribution in [2.24, 2.45) is 0 Å². The number of allylic oxidation sites excluding steroid dienone is 1. The van der Waals surface area contributed by atoms with Gasteiger partial charge in [0.05, 0.1) is 14.2 Å². The van der Waals surface area contributed by atoms with Crippen molar-refractivity contribution >= 4 is 17.4 Å². The molecular weight excluding hydrogens is 370 g/mol. The number of anilines is 1. The number of rotatable bonds is 6. The van der Waals surface area contributed by atoms with E-state index >= 15 is 0 Å². The molecule has 2 aromatic carbocycles. The minimum Gasteiger partial charge on any atom is -0.496 e. The summed E-state index contributed by atoms with van der Waals surface area (Å²) < 4.78 is 15.7. The number of esters is 1. The number of ketones is 1. The third-order valence-electron chi connectivity index (χ3n) is 5.22. The quantitative estimate of drug-likeness (QED) is 0.548. The van der Waals surface area contributed by atoms with Crippen molar-refractivity contribution in [1.29, 1.82) is 0 Å². The highest BCUT2D eigenvalue weighted by Gasteiger charge is 2.38. The molecule has 3 rings (SSSR count). The Morgan fingerprint density at radius 2 is 1.62 bits per heavy atom. The number of nitrogens with zero attached hydrogens (tertiary/aromatic N) is 1. The number of methoxy groups -OCH3 is 2. The van der Waals surface area contributed by atoms with Crippen LogP contribution in [0.1, 0.15) is 29.8 Å². The highest BCUT2D eigenvalue weighted by atomic mass is 16.5. The largest absolute Gasteiger partial charge is 0.496 e. The first-order valence-corrected chi connectivity index (χ1v) is 9.27. The molecule has 2 aromatic rings. The topological polar surface area (TPSA) is 65.1 Å². The molecule has 152 valence electrons. The van der Waals surface area contributed by atoms with Gasteiger partial charge in [0.1, 0.15) is 17.1 Å². The third kappa shape index (κ3) is 3.70. The van der Waals surface area contributed by atoms with Gasteiger partial charge >= 0.3 is 5.97 Å². The summed E-state index contributed by atoms with van der Waals surface area (Å²) in [5, 5.41) is 0. The van der Waals surface area contributed by atoms with E-state index in [2.05, 4.69) is 19.9 Å². The number of para-hydroxylation sites is 1. The third-order valence-corrected chi connectivity index (χ3v) is 5.22. The number of ether oxygens (including phenoxy) is 3. The van der Waals surface area contributed by atoms with Gasteiger partial charge in [-0.2, -0.15) is 0 Å². The van der Waals surface area contributed by atoms with E-state index in [0.29, 0.717) is 11.5 Å². The van der Waals surface area contributed by atoms with E-state index < -0.39 is 5.97 Å². The Morgan fingerprint density at radius 3 is 2.21 bits per heavy atom. The number of carbonyl (C=O) groups is 2. The van der Waals surface area contributed by atoms with E-state index in [9.17, 15) is 9.59 Å². The summed E-state index contributed by atoms with van der Waals surface area (Å²) in [7, 11) is 4.84. The number of fused-ring (bicyclic) bond motifs is 1. The number of hydrogen-bond acceptors (Lipinski definition) is 6. The molecule has 0 aromatic heterocycles. The lowest BCUT2D eigenvalue weighted by Gasteiger charge is -2.23. The molecule has 1 aliphatic rings. The van der Waals surface area contributed by atoms with Gasteiger partial charge in [-0.1, -0.05) is 38.1 Å². The van der Waals surface area contributed by atoms with E-state index in [-0.39, 0.29) is 23.4 Å². The maximum Gasteiger partial charge on any atom is 0.346 e. The van der Waals surface area contributed by atoms with Crippen LogP contribution in [-0.2, 0) is 14.9 Å². The summed E-state index contributed by atoms with van der Waals surface area (Å²) in [6, 6.07) is 13.0. The Kier molecular flexibility index (Phi) is 5.64. The summed E-state index contributed by atoms with van der Waals surface area (Å²) in [4.78, 5) is 27.1. The lowest BCUT2D eigenvalue weighted by molar-refractivity contribution is -0.117. The van der Waals surface area contributed by atoms with E-state index in [4.69, 9.17) is 14.2 Å². The number of carbonyl (C=O) groups excluding carboxylic acids is 2. The van der Waals surface area contributed by atoms with Crippen molar-refractivity contribution in [2.45, 2.75) is 19.3 Å². The lowest BCUT2D eigenvalue weighted by atomic mass is 9.83. The molecule has 6 heteroatoms. The minimum atomic E-state index is -0.673. The highest BCUT2D eigenvalue weighted by molar-refractivity contribution is 5.99. The molecule has 29 heavy (non-hydrogen) atoms. The fourth-order valence-electron chi connectivity index (χ4n) is 3.71. The fourth-order valence-corrected chi connectivity index (χ4v) is 3.71. The van der Waals surface area contributed by atoms with Crippen molar-refractivity contribution in [3.63, 3.8) is 0 Å². The Balaban J connectivity index is 1.77. The first kappa shape index (κ1) is 20.5. The molecule has 0 atom stereocenters. The first-order chi connectivity index (χ1) is 13.8. The van der Waals surface area contributed by atoms with E-state index in [0.717, 1.165) is 16.9 Å². The monoisotopic (exact) mass is 395 g/mol. The second-order valence-corrected chi connectivity index (χ2v) is 7.31. The lowest BCUT2D eigenvalue weighted by Crippen LogP contribution is -2.25. The molecule has 0 aliphatic carbocycles. The van der Waals surface area contributed by atoms with Crippen LogP contribution in [0, 0.1) is 0 Å². The van der Waals surface area contributed by atoms with Gasteiger partial charge in [-0.15, -0.1) is 0 Å². The summed E-state index contributed by atoms with van der Waals surface area (Å²) >= 11 is 0. The van der Waals surface area contributed by atoms with E-state index in [1.807, 2.05) is 30.1 Å². The smallest absolute Gasteiger partial charge is 0.346 e. The van der Waals surface area contributed by atoms with E-state index in [1.54, 1.807) is 24.3 Å². The molecular formula is C23H25NO5. The van der Waals surface area contributed by atoms with Crippen LogP contribution in [0.15, 0.2) is 54.2 Å². The zero-order chi connectivity index (χ0) is 21.2. The number of hydrogen-bond donors (Lipinski definition) is 0. The Morgan fingerprint density at radius 1 is 1.00 bits per heavy atom. The fraction of sp³-hybridized carbons (Fsp3) is 0.304. The van der Waals surface area contributed by atoms with Crippen LogP contribution in [0.5, 0.6) is 11.5 Å². The van der Waals surface area contributed by atoms with Crippen LogP contribution in [0.25, 0.3) is 0 Å². The molecule has 0 bridgehead atoms. The normalized spacial score (nSPS) is 15.8. The summed E-state index contributed by atoms with van der Waals surface area (Å²) in [5.41, 5.74) is 2.90. The molecule has 1 aliphatic heterocycles. The SMILES string of the molecule is COc1cccc(OC)c1C(=O)OCC(=O)C=C1N(C)c2ccccc2C1(C)C. The Hall–Kier alpha value is -3.28. The maximum atomic E-state index is 12.6. The maximum absolute atomic E-state index is 12.6. The van der Waals surface area contributed by atoms with Crippen LogP contribution in [0.2, 0.25) is 0 Å². The Labute approximate surface area is 170 Å². The second kappa shape index (κ2) is 7.99. The average molecular weight is 395 g/mol. The Bertz CT molecular complexity index is 955. The summed E-state index contributed by atoms with van der Waals surface area (Å²) in [6.45, 7) is 3.77. The van der Waals surface area contributed by atoms with Crippen LogP contribution in [-0.4, -0.2) is 39.6 Å². The van der Waals surface area contributed by atoms with Crippen LogP contribution in [0.3, 0.4) is 0 Å². The van der Waals surface area contributed by atoms with E-state index in [1.165, 1.54) is 14.2 Å². The first-order valence-electron chi connectivity index (χ1n) is 9.27. The second-order valence-electron chi connectivity index (χ2n) is 7.31. The van der Waals surface area contributed by atoms with Gasteiger partial charge in [0.25, 0.3) is 0 Å². The molecule has 6 nitrogen and oxygen atoms in total. The molecule has 0 saturated carbocycles. The van der Waals surface area contributed by atoms with Crippen molar-refractivity contribution in [3.8, 4) is 11.5 Å². The van der Waals surface area contributed by atoms with Gasteiger partial charge in [-0.05, 0) is 23.8 Å². The summed E-state index contributed by atoms with van der Waals surface area (Å²) in [6.07, 6.45) is 1.55. The van der Waals surface area contributed by atoms with Gasteiger partial charge in [-0.3, -0.25) is 4.79 Å². The zero-order valence-electron chi connectivity index (χ0n) is 17.3. The molecule has 0 amide bonds. The minimum absolute atomic E-state index is 0.156. The summed E-state index contributed by atoms with van der Waals surface area (Å²) in [5.74, 6) is -0.317. The van der Waals surface area contributed by atoms with Gasteiger partial charge in [0.2, 0.25) is 0 Å². The predicted molar refractivity (Wildman–Crippen MR) is 111 cm³/mol. The van der Waals surface area contributed by atoms with Crippen LogP contribution < -0.4 is 14.4 Å². The molecule has 0 saturated heterocycles. The van der Waals surface area contributed by atoms with Crippen molar-refractivity contribution in [2.75, 3.05) is 32.8 Å². The van der Waals surface area contributed by atoms with Crippen molar-refractivity contribution in [3.05, 3.63) is 65.4 Å². The molecule has 0 unspecified atom stereocenters. The van der Waals surface area contributed by atoms with Gasteiger partial charge < -0.3 is 19.1 Å². The van der Waals surface area contributed by atoms with Crippen LogP contribution in [0.4, 0.5) is 5.69 Å². The van der Waals surface area contributed by atoms with Gasteiger partial charge in [0.15, 0.2) is 12.4 Å². The van der Waals surface area contributed by atoms with Crippen molar-refractivity contribution < 1.29 is 23.8 Å². The molecule has 0 fully saturated rings. The number of benzene rings is 2. The standard InChI is InChI=1S/C23H25NO5/c1-23(2)16-9-6-7-10-17(16)24(3)20(23)13-15(25)14-29-22(26)21-18(27-4)11-8-12-19(21)28-5/h6-13H,14H2,1-5H3. The number of likely N-dealkylation sites (N-methyl/N-ethyl adjacent to an activating group) is 1. The predicted octanol–water partition coefficient (Wildman–Crippen LogP) is 3.74.